The number of carbonyl (C=O) groups is 1. The second-order valence-electron chi connectivity index (χ2n) is 6.77. The molecule has 1 amide bonds. The van der Waals surface area contributed by atoms with Crippen molar-refractivity contribution in [2.24, 2.45) is 5.92 Å². The summed E-state index contributed by atoms with van der Waals surface area (Å²) in [4.78, 5) is 14.4. The second-order valence-corrected chi connectivity index (χ2v) is 6.77. The van der Waals surface area contributed by atoms with Crippen molar-refractivity contribution in [3.05, 3.63) is 41.9 Å². The van der Waals surface area contributed by atoms with Gasteiger partial charge < -0.3 is 14.7 Å². The molecule has 1 atom stereocenters. The Morgan fingerprint density at radius 2 is 2.32 bits per heavy atom. The van der Waals surface area contributed by atoms with E-state index < -0.39 is 0 Å². The van der Waals surface area contributed by atoms with E-state index in [9.17, 15) is 9.18 Å². The number of nitrogens with one attached hydrogen (secondary N) is 1. The number of likely N-dealkylation sites (tertiary alicyclic amines) is 1. The quantitative estimate of drug-likeness (QED) is 0.873. The number of aromatic nitrogens is 1. The van der Waals surface area contributed by atoms with Gasteiger partial charge in [-0.2, -0.15) is 0 Å². The summed E-state index contributed by atoms with van der Waals surface area (Å²) in [6.45, 7) is 2.53. The molecule has 2 aromatic rings. The zero-order valence-electron chi connectivity index (χ0n) is 14.5. The molecule has 0 aliphatic carbocycles. The summed E-state index contributed by atoms with van der Waals surface area (Å²) >= 11 is 0. The maximum atomic E-state index is 13.3. The van der Waals surface area contributed by atoms with Crippen molar-refractivity contribution in [1.82, 2.24) is 15.4 Å². The smallest absolute Gasteiger partial charge is 0.220 e. The molecule has 1 aromatic carbocycles. The van der Waals surface area contributed by atoms with Gasteiger partial charge in [0.25, 0.3) is 0 Å². The fourth-order valence-corrected chi connectivity index (χ4v) is 3.30. The van der Waals surface area contributed by atoms with E-state index >= 15 is 0 Å². The number of piperidine rings is 1. The van der Waals surface area contributed by atoms with Gasteiger partial charge in [-0.25, -0.2) is 4.39 Å². The summed E-state index contributed by atoms with van der Waals surface area (Å²) in [6, 6.07) is 7.91. The third kappa shape index (κ3) is 5.13. The van der Waals surface area contributed by atoms with E-state index in [0.717, 1.165) is 19.5 Å². The Bertz CT molecular complexity index is 716. The molecule has 1 aliphatic rings. The van der Waals surface area contributed by atoms with Crippen molar-refractivity contribution in [2.45, 2.75) is 32.2 Å². The number of rotatable bonds is 6. The summed E-state index contributed by atoms with van der Waals surface area (Å²) in [7, 11) is 2.13. The minimum Gasteiger partial charge on any atom is -0.359 e. The van der Waals surface area contributed by atoms with Gasteiger partial charge in [0.2, 0.25) is 5.91 Å². The Balaban J connectivity index is 1.45. The van der Waals surface area contributed by atoms with Gasteiger partial charge in [-0.15, -0.1) is 0 Å². The van der Waals surface area contributed by atoms with E-state index in [4.69, 9.17) is 4.52 Å². The van der Waals surface area contributed by atoms with E-state index in [1.54, 1.807) is 18.2 Å². The predicted molar refractivity (Wildman–Crippen MR) is 93.2 cm³/mol. The lowest BCUT2D eigenvalue weighted by atomic mass is 9.93. The maximum Gasteiger partial charge on any atom is 0.220 e. The molecule has 0 saturated carbocycles. The minimum absolute atomic E-state index is 0.0249. The maximum absolute atomic E-state index is 13.3. The second kappa shape index (κ2) is 8.25. The fourth-order valence-electron chi connectivity index (χ4n) is 3.30. The molecule has 5 nitrogen and oxygen atoms in total. The zero-order valence-corrected chi connectivity index (χ0v) is 14.5. The molecule has 25 heavy (non-hydrogen) atoms. The van der Waals surface area contributed by atoms with Crippen LogP contribution in [-0.4, -0.2) is 36.1 Å². The molecule has 0 bridgehead atoms. The van der Waals surface area contributed by atoms with Gasteiger partial charge in [-0.3, -0.25) is 4.79 Å². The van der Waals surface area contributed by atoms with Crippen molar-refractivity contribution in [3.8, 4) is 11.3 Å². The van der Waals surface area contributed by atoms with Crippen LogP contribution in [0, 0.1) is 11.7 Å². The van der Waals surface area contributed by atoms with Crippen LogP contribution in [-0.2, 0) is 11.3 Å². The van der Waals surface area contributed by atoms with Gasteiger partial charge in [0.1, 0.15) is 11.5 Å². The third-order valence-electron chi connectivity index (χ3n) is 4.64. The van der Waals surface area contributed by atoms with Gasteiger partial charge in [0.15, 0.2) is 5.76 Å². The van der Waals surface area contributed by atoms with Crippen molar-refractivity contribution in [1.29, 1.82) is 0 Å². The van der Waals surface area contributed by atoms with Gasteiger partial charge >= 0.3 is 0 Å². The van der Waals surface area contributed by atoms with Crippen LogP contribution >= 0.6 is 0 Å². The van der Waals surface area contributed by atoms with Crippen LogP contribution in [0.5, 0.6) is 0 Å². The molecule has 0 unspecified atom stereocenters. The highest BCUT2D eigenvalue weighted by molar-refractivity contribution is 5.75. The Hall–Kier alpha value is -2.21. The largest absolute Gasteiger partial charge is 0.359 e. The number of amides is 1. The summed E-state index contributed by atoms with van der Waals surface area (Å²) < 4.78 is 18.5. The highest BCUT2D eigenvalue weighted by Gasteiger charge is 2.18. The number of carbonyl (C=O) groups excluding carboxylic acids is 1. The van der Waals surface area contributed by atoms with Crippen LogP contribution in [0.25, 0.3) is 11.3 Å². The molecule has 2 heterocycles. The molecule has 0 spiro atoms. The topological polar surface area (TPSA) is 58.4 Å². The van der Waals surface area contributed by atoms with Gasteiger partial charge in [0, 0.05) is 24.6 Å². The first-order valence-electron chi connectivity index (χ1n) is 8.77. The Kier molecular flexibility index (Phi) is 5.81. The number of nitrogens with zero attached hydrogens (tertiary/aromatic N) is 2. The van der Waals surface area contributed by atoms with Crippen molar-refractivity contribution < 1.29 is 13.7 Å². The average molecular weight is 345 g/mol. The summed E-state index contributed by atoms with van der Waals surface area (Å²) in [5.41, 5.74) is 1.22. The SMILES string of the molecule is CN1CCC[C@@H](CCC(=O)NCc2cc(-c3cccc(F)c3)no2)C1. The van der Waals surface area contributed by atoms with Crippen LogP contribution < -0.4 is 5.32 Å². The zero-order chi connectivity index (χ0) is 17.6. The molecule has 134 valence electrons. The molecular formula is C19H24FN3O2. The predicted octanol–water partition coefficient (Wildman–Crippen LogP) is 3.22. The van der Waals surface area contributed by atoms with Crippen LogP contribution in [0.3, 0.4) is 0 Å². The van der Waals surface area contributed by atoms with Crippen LogP contribution in [0.2, 0.25) is 0 Å². The first-order chi connectivity index (χ1) is 12.1. The summed E-state index contributed by atoms with van der Waals surface area (Å²) in [6.07, 6.45) is 3.87. The molecule has 1 aliphatic heterocycles. The third-order valence-corrected chi connectivity index (χ3v) is 4.64. The molecule has 1 saturated heterocycles. The van der Waals surface area contributed by atoms with Crippen molar-refractivity contribution >= 4 is 5.91 Å². The number of halogens is 1. The lowest BCUT2D eigenvalue weighted by Crippen LogP contribution is -2.33. The summed E-state index contributed by atoms with van der Waals surface area (Å²) in [5.74, 6) is 0.875. The molecule has 1 fully saturated rings. The van der Waals surface area contributed by atoms with E-state index in [0.29, 0.717) is 35.9 Å². The van der Waals surface area contributed by atoms with E-state index in [2.05, 4.69) is 22.4 Å². The Morgan fingerprint density at radius 3 is 3.12 bits per heavy atom. The number of hydrogen-bond acceptors (Lipinski definition) is 4. The summed E-state index contributed by atoms with van der Waals surface area (Å²) in [5, 5.41) is 6.80. The highest BCUT2D eigenvalue weighted by Crippen LogP contribution is 2.21. The van der Waals surface area contributed by atoms with Gasteiger partial charge in [-0.1, -0.05) is 17.3 Å². The van der Waals surface area contributed by atoms with E-state index in [1.165, 1.54) is 25.0 Å². The lowest BCUT2D eigenvalue weighted by molar-refractivity contribution is -0.121. The average Bonchev–Trinajstić information content (AvgIpc) is 3.07. The minimum atomic E-state index is -0.316. The van der Waals surface area contributed by atoms with Crippen molar-refractivity contribution in [2.75, 3.05) is 20.1 Å². The normalized spacial score (nSPS) is 18.2. The van der Waals surface area contributed by atoms with Crippen LogP contribution in [0.15, 0.2) is 34.9 Å². The Morgan fingerprint density at radius 1 is 1.44 bits per heavy atom. The first kappa shape index (κ1) is 17.6. The molecule has 0 radical (unpaired) electrons. The Labute approximate surface area is 147 Å². The molecule has 3 rings (SSSR count). The standard InChI is InChI=1S/C19H24FN3O2/c1-23-9-3-4-14(13-23)7-8-19(24)21-12-17-11-18(22-25-17)15-5-2-6-16(20)10-15/h2,5-6,10-11,14H,3-4,7-9,12-13H2,1H3,(H,21,24)/t14-/m0/s1. The van der Waals surface area contributed by atoms with E-state index in [1.807, 2.05) is 0 Å². The number of benzene rings is 1. The van der Waals surface area contributed by atoms with Crippen LogP contribution in [0.1, 0.15) is 31.4 Å². The molecular weight excluding hydrogens is 321 g/mol. The highest BCUT2D eigenvalue weighted by atomic mass is 19.1. The van der Waals surface area contributed by atoms with Gasteiger partial charge in [0.05, 0.1) is 6.54 Å². The fraction of sp³-hybridized carbons (Fsp3) is 0.474. The van der Waals surface area contributed by atoms with Gasteiger partial charge in [-0.05, 0) is 50.9 Å². The molecule has 6 heteroatoms. The first-order valence-corrected chi connectivity index (χ1v) is 8.77. The van der Waals surface area contributed by atoms with Crippen molar-refractivity contribution in [3.63, 3.8) is 0 Å². The molecule has 1 aromatic heterocycles. The molecule has 1 N–H and O–H groups in total. The monoisotopic (exact) mass is 345 g/mol. The van der Waals surface area contributed by atoms with Crippen LogP contribution in [0.4, 0.5) is 4.39 Å². The lowest BCUT2D eigenvalue weighted by Gasteiger charge is -2.29. The van der Waals surface area contributed by atoms with E-state index in [-0.39, 0.29) is 11.7 Å². The number of hydrogen-bond donors (Lipinski definition) is 1.